The highest BCUT2D eigenvalue weighted by molar-refractivity contribution is 5.85. The van der Waals surface area contributed by atoms with E-state index in [2.05, 4.69) is 26.0 Å². The summed E-state index contributed by atoms with van der Waals surface area (Å²) in [6.45, 7) is 4.85. The van der Waals surface area contributed by atoms with Gasteiger partial charge in [0.1, 0.15) is 6.04 Å². The molecule has 0 unspecified atom stereocenters. The predicted octanol–water partition coefficient (Wildman–Crippen LogP) is 3.29. The zero-order valence-electron chi connectivity index (χ0n) is 13.2. The van der Waals surface area contributed by atoms with Gasteiger partial charge in [-0.3, -0.25) is 4.79 Å². The molecule has 0 aromatic heterocycles. The topological polar surface area (TPSA) is 57.6 Å². The Morgan fingerprint density at radius 2 is 2.00 bits per heavy atom. The molecule has 22 heavy (non-hydrogen) atoms. The lowest BCUT2D eigenvalue weighted by atomic mass is 10.0. The molecule has 118 valence electrons. The lowest BCUT2D eigenvalue weighted by Crippen LogP contribution is -2.40. The molecule has 1 saturated heterocycles. The van der Waals surface area contributed by atoms with E-state index in [0.717, 1.165) is 12.0 Å². The van der Waals surface area contributed by atoms with Crippen LogP contribution in [-0.2, 0) is 9.59 Å². The number of rotatable bonds is 5. The van der Waals surface area contributed by atoms with Gasteiger partial charge in [-0.2, -0.15) is 0 Å². The van der Waals surface area contributed by atoms with Crippen LogP contribution in [0.4, 0.5) is 0 Å². The van der Waals surface area contributed by atoms with E-state index in [1.165, 1.54) is 10.5 Å². The molecule has 1 aromatic carbocycles. The number of aliphatic carboxylic acids is 1. The smallest absolute Gasteiger partial charge is 0.326 e. The second-order valence-corrected chi connectivity index (χ2v) is 6.01. The monoisotopic (exact) mass is 301 g/mol. The third-order valence-electron chi connectivity index (χ3n) is 4.06. The molecular formula is C18H23NO3. The average molecular weight is 301 g/mol. The number of hydrogen-bond donors (Lipinski definition) is 1. The highest BCUT2D eigenvalue weighted by Gasteiger charge is 2.33. The quantitative estimate of drug-likeness (QED) is 0.908. The summed E-state index contributed by atoms with van der Waals surface area (Å²) in [4.78, 5) is 24.7. The molecule has 0 spiro atoms. The van der Waals surface area contributed by atoms with E-state index >= 15 is 0 Å². The van der Waals surface area contributed by atoms with Gasteiger partial charge in [-0.15, -0.1) is 0 Å². The minimum atomic E-state index is -0.904. The van der Waals surface area contributed by atoms with Crippen molar-refractivity contribution in [2.75, 3.05) is 6.54 Å². The molecular weight excluding hydrogens is 278 g/mol. The molecule has 1 aliphatic rings. The van der Waals surface area contributed by atoms with Crippen LogP contribution >= 0.6 is 0 Å². The molecule has 1 heterocycles. The van der Waals surface area contributed by atoms with Crippen molar-refractivity contribution in [1.29, 1.82) is 0 Å². The lowest BCUT2D eigenvalue weighted by Gasteiger charge is -2.20. The summed E-state index contributed by atoms with van der Waals surface area (Å²) in [7, 11) is 0. The molecule has 1 amide bonds. The normalized spacial score (nSPS) is 18.3. The third kappa shape index (κ3) is 3.97. The van der Waals surface area contributed by atoms with Crippen molar-refractivity contribution < 1.29 is 14.7 Å². The van der Waals surface area contributed by atoms with E-state index in [1.807, 2.05) is 24.3 Å². The Labute approximate surface area is 131 Å². The van der Waals surface area contributed by atoms with Gasteiger partial charge in [0.15, 0.2) is 0 Å². The maximum Gasteiger partial charge on any atom is 0.326 e. The van der Waals surface area contributed by atoms with Gasteiger partial charge in [-0.25, -0.2) is 4.79 Å². The molecule has 0 radical (unpaired) electrons. The van der Waals surface area contributed by atoms with E-state index in [-0.39, 0.29) is 12.3 Å². The molecule has 1 atom stereocenters. The molecule has 1 fully saturated rings. The second kappa shape index (κ2) is 7.25. The van der Waals surface area contributed by atoms with Crippen molar-refractivity contribution in [3.05, 3.63) is 41.5 Å². The maximum absolute atomic E-state index is 12.1. The first kappa shape index (κ1) is 16.3. The minimum absolute atomic E-state index is 0.111. The summed E-state index contributed by atoms with van der Waals surface area (Å²) in [5.74, 6) is -0.512. The van der Waals surface area contributed by atoms with Crippen LogP contribution in [0.15, 0.2) is 30.3 Å². The number of benzene rings is 1. The highest BCUT2D eigenvalue weighted by Crippen LogP contribution is 2.19. The Morgan fingerprint density at radius 3 is 2.59 bits per heavy atom. The molecule has 0 saturated carbocycles. The summed E-state index contributed by atoms with van der Waals surface area (Å²) >= 11 is 0. The van der Waals surface area contributed by atoms with Crippen LogP contribution in [0, 0.1) is 0 Å². The standard InChI is InChI=1S/C18H23NO3/c1-13(2)15-10-8-14(9-11-15)5-3-7-17(20)19-12-4-6-16(19)18(21)22/h3,5,8-11,13,16H,4,6-7,12H2,1-2H3,(H,21,22)/b5-3+/t16-/m1/s1. The van der Waals surface area contributed by atoms with E-state index in [0.29, 0.717) is 18.9 Å². The minimum Gasteiger partial charge on any atom is -0.480 e. The Bertz CT molecular complexity index is 560. The average Bonchev–Trinajstić information content (AvgIpc) is 2.97. The first-order chi connectivity index (χ1) is 10.5. The van der Waals surface area contributed by atoms with Crippen LogP contribution in [-0.4, -0.2) is 34.5 Å². The van der Waals surface area contributed by atoms with E-state index in [1.54, 1.807) is 0 Å². The maximum atomic E-state index is 12.1. The van der Waals surface area contributed by atoms with Crippen molar-refractivity contribution in [3.8, 4) is 0 Å². The van der Waals surface area contributed by atoms with Crippen LogP contribution in [0.3, 0.4) is 0 Å². The molecule has 0 aliphatic carbocycles. The fourth-order valence-corrected chi connectivity index (χ4v) is 2.73. The fourth-order valence-electron chi connectivity index (χ4n) is 2.73. The number of carboxylic acids is 1. The molecule has 4 nitrogen and oxygen atoms in total. The van der Waals surface area contributed by atoms with Gasteiger partial charge in [0, 0.05) is 13.0 Å². The number of hydrogen-bond acceptors (Lipinski definition) is 2. The van der Waals surface area contributed by atoms with Crippen molar-refractivity contribution >= 4 is 18.0 Å². The number of carbonyl (C=O) groups excluding carboxylic acids is 1. The first-order valence-corrected chi connectivity index (χ1v) is 7.78. The summed E-state index contributed by atoms with van der Waals surface area (Å²) in [5, 5.41) is 9.09. The summed E-state index contributed by atoms with van der Waals surface area (Å²) in [5.41, 5.74) is 2.34. The van der Waals surface area contributed by atoms with Crippen LogP contribution < -0.4 is 0 Å². The van der Waals surface area contributed by atoms with Crippen LogP contribution in [0.2, 0.25) is 0 Å². The molecule has 0 bridgehead atoms. The molecule has 1 aromatic rings. The molecule has 1 aliphatic heterocycles. The Morgan fingerprint density at radius 1 is 1.32 bits per heavy atom. The zero-order valence-corrected chi connectivity index (χ0v) is 13.2. The second-order valence-electron chi connectivity index (χ2n) is 6.01. The van der Waals surface area contributed by atoms with Crippen molar-refractivity contribution in [2.24, 2.45) is 0 Å². The van der Waals surface area contributed by atoms with Gasteiger partial charge in [0.25, 0.3) is 0 Å². The molecule has 4 heteroatoms. The number of carboxylic acid groups (broad SMARTS) is 1. The van der Waals surface area contributed by atoms with Gasteiger partial charge in [-0.05, 0) is 29.9 Å². The number of likely N-dealkylation sites (tertiary alicyclic amines) is 1. The van der Waals surface area contributed by atoms with E-state index < -0.39 is 12.0 Å². The fraction of sp³-hybridized carbons (Fsp3) is 0.444. The van der Waals surface area contributed by atoms with Crippen LogP contribution in [0.1, 0.15) is 50.2 Å². The number of carbonyl (C=O) groups is 2. The SMILES string of the molecule is CC(C)c1ccc(/C=C/CC(=O)N2CCC[C@@H]2C(=O)O)cc1. The summed E-state index contributed by atoms with van der Waals surface area (Å²) in [6.07, 6.45) is 5.29. The lowest BCUT2D eigenvalue weighted by molar-refractivity contribution is -0.147. The third-order valence-corrected chi connectivity index (χ3v) is 4.06. The van der Waals surface area contributed by atoms with Crippen molar-refractivity contribution in [1.82, 2.24) is 4.90 Å². The van der Waals surface area contributed by atoms with E-state index in [9.17, 15) is 9.59 Å². The summed E-state index contributed by atoms with van der Waals surface area (Å²) < 4.78 is 0. The highest BCUT2D eigenvalue weighted by atomic mass is 16.4. The number of amides is 1. The van der Waals surface area contributed by atoms with Crippen LogP contribution in [0.25, 0.3) is 6.08 Å². The Hall–Kier alpha value is -2.10. The predicted molar refractivity (Wildman–Crippen MR) is 86.6 cm³/mol. The van der Waals surface area contributed by atoms with Gasteiger partial charge >= 0.3 is 5.97 Å². The van der Waals surface area contributed by atoms with Gasteiger partial charge in [-0.1, -0.05) is 50.3 Å². The van der Waals surface area contributed by atoms with Gasteiger partial charge in [0.05, 0.1) is 0 Å². The molecule has 1 N–H and O–H groups in total. The van der Waals surface area contributed by atoms with E-state index in [4.69, 9.17) is 5.11 Å². The summed E-state index contributed by atoms with van der Waals surface area (Å²) in [6, 6.07) is 7.60. The van der Waals surface area contributed by atoms with Crippen molar-refractivity contribution in [2.45, 2.75) is 45.1 Å². The Kier molecular flexibility index (Phi) is 5.36. The largest absolute Gasteiger partial charge is 0.480 e. The zero-order chi connectivity index (χ0) is 16.1. The van der Waals surface area contributed by atoms with Gasteiger partial charge < -0.3 is 10.0 Å². The van der Waals surface area contributed by atoms with Crippen LogP contribution in [0.5, 0.6) is 0 Å². The number of nitrogens with zero attached hydrogens (tertiary/aromatic N) is 1. The van der Waals surface area contributed by atoms with Gasteiger partial charge in [0.2, 0.25) is 5.91 Å². The van der Waals surface area contributed by atoms with Crippen molar-refractivity contribution in [3.63, 3.8) is 0 Å². The Balaban J connectivity index is 1.91. The first-order valence-electron chi connectivity index (χ1n) is 7.78. The molecule has 2 rings (SSSR count).